The number of hydrogen-bond acceptors (Lipinski definition) is 3. The second kappa shape index (κ2) is 5.14. The topological polar surface area (TPSA) is 55.1 Å². The number of rotatable bonds is 3. The van der Waals surface area contributed by atoms with Gasteiger partial charge in [0.15, 0.2) is 0 Å². The highest BCUT2D eigenvalue weighted by molar-refractivity contribution is 9.10. The number of anilines is 1. The van der Waals surface area contributed by atoms with E-state index < -0.39 is 0 Å². The molecule has 0 spiro atoms. The lowest BCUT2D eigenvalue weighted by atomic mass is 10.2. The van der Waals surface area contributed by atoms with Crippen LogP contribution < -0.4 is 5.32 Å². The van der Waals surface area contributed by atoms with Crippen molar-refractivity contribution >= 4 is 27.7 Å². The molecule has 17 heavy (non-hydrogen) atoms. The van der Waals surface area contributed by atoms with Crippen LogP contribution in [-0.4, -0.2) is 10.9 Å². The Bertz CT molecular complexity index is 537. The summed E-state index contributed by atoms with van der Waals surface area (Å²) in [5.41, 5.74) is 0.546. The summed E-state index contributed by atoms with van der Waals surface area (Å²) in [6.45, 7) is 1.94. The van der Waals surface area contributed by atoms with Crippen LogP contribution in [-0.2, 0) is 6.42 Å². The number of carbonyl (C=O) groups is 1. The van der Waals surface area contributed by atoms with Gasteiger partial charge in [-0.1, -0.05) is 6.92 Å². The third-order valence-electron chi connectivity index (χ3n) is 2.30. The van der Waals surface area contributed by atoms with E-state index in [0.717, 1.165) is 4.47 Å². The maximum atomic E-state index is 12.0. The average Bonchev–Trinajstić information content (AvgIpc) is 2.80. The first kappa shape index (κ1) is 11.9. The molecule has 0 fully saturated rings. The third-order valence-corrected chi connectivity index (χ3v) is 2.94. The quantitative estimate of drug-likeness (QED) is 0.945. The Kier molecular flexibility index (Phi) is 3.58. The van der Waals surface area contributed by atoms with Crippen LogP contribution in [0.4, 0.5) is 5.82 Å². The van der Waals surface area contributed by atoms with Gasteiger partial charge < -0.3 is 9.73 Å². The third kappa shape index (κ3) is 2.55. The molecule has 2 rings (SSSR count). The summed E-state index contributed by atoms with van der Waals surface area (Å²) in [5.74, 6) is 0.963. The van der Waals surface area contributed by atoms with Crippen molar-refractivity contribution in [2.45, 2.75) is 13.3 Å². The van der Waals surface area contributed by atoms with E-state index in [0.29, 0.717) is 23.6 Å². The van der Waals surface area contributed by atoms with Crippen molar-refractivity contribution in [2.75, 3.05) is 5.32 Å². The average molecular weight is 295 g/mol. The van der Waals surface area contributed by atoms with E-state index in [1.54, 1.807) is 18.3 Å². The molecule has 2 aromatic heterocycles. The van der Waals surface area contributed by atoms with Gasteiger partial charge in [0.05, 0.1) is 16.3 Å². The molecule has 0 aliphatic rings. The van der Waals surface area contributed by atoms with Crippen LogP contribution >= 0.6 is 15.9 Å². The van der Waals surface area contributed by atoms with Crippen LogP contribution in [0, 0.1) is 0 Å². The number of hydrogen-bond donors (Lipinski definition) is 1. The van der Waals surface area contributed by atoms with Crippen LogP contribution in [0.5, 0.6) is 0 Å². The van der Waals surface area contributed by atoms with Crippen molar-refractivity contribution in [2.24, 2.45) is 0 Å². The number of carbonyl (C=O) groups excluding carboxylic acids is 1. The first-order valence-electron chi connectivity index (χ1n) is 5.20. The summed E-state index contributed by atoms with van der Waals surface area (Å²) >= 11 is 3.32. The number of halogens is 1. The standard InChI is InChI=1S/C12H11BrN2O2/c1-2-10-8(5-7-17-10)12(16)15-11-9(13)4-3-6-14-11/h3-7H,2H2,1H3,(H,14,15,16). The highest BCUT2D eigenvalue weighted by Gasteiger charge is 2.14. The number of nitrogens with zero attached hydrogens (tertiary/aromatic N) is 1. The molecule has 0 atom stereocenters. The minimum Gasteiger partial charge on any atom is -0.469 e. The maximum absolute atomic E-state index is 12.0. The number of nitrogens with one attached hydrogen (secondary N) is 1. The molecule has 0 saturated heterocycles. The van der Waals surface area contributed by atoms with Gasteiger partial charge in [0.25, 0.3) is 5.91 Å². The van der Waals surface area contributed by atoms with E-state index in [-0.39, 0.29) is 5.91 Å². The molecule has 0 aliphatic carbocycles. The Morgan fingerprint density at radius 3 is 3.06 bits per heavy atom. The van der Waals surface area contributed by atoms with Gasteiger partial charge in [0.2, 0.25) is 0 Å². The summed E-state index contributed by atoms with van der Waals surface area (Å²) in [6, 6.07) is 5.26. The SMILES string of the molecule is CCc1occc1C(=O)Nc1ncccc1Br. The van der Waals surface area contributed by atoms with Crippen LogP contribution in [0.15, 0.2) is 39.5 Å². The predicted molar refractivity (Wildman–Crippen MR) is 68.0 cm³/mol. The van der Waals surface area contributed by atoms with E-state index in [9.17, 15) is 4.79 Å². The Hall–Kier alpha value is -1.62. The zero-order chi connectivity index (χ0) is 12.3. The fourth-order valence-electron chi connectivity index (χ4n) is 1.47. The van der Waals surface area contributed by atoms with Crippen LogP contribution in [0.3, 0.4) is 0 Å². The molecular weight excluding hydrogens is 284 g/mol. The summed E-state index contributed by atoms with van der Waals surface area (Å²) in [7, 11) is 0. The van der Waals surface area contributed by atoms with Crippen LogP contribution in [0.1, 0.15) is 23.0 Å². The molecule has 0 radical (unpaired) electrons. The Balaban J connectivity index is 2.20. The van der Waals surface area contributed by atoms with Crippen molar-refractivity contribution in [3.8, 4) is 0 Å². The number of pyridine rings is 1. The van der Waals surface area contributed by atoms with Crippen LogP contribution in [0.25, 0.3) is 0 Å². The fourth-order valence-corrected chi connectivity index (χ4v) is 1.82. The van der Waals surface area contributed by atoms with Gasteiger partial charge in [-0.05, 0) is 34.1 Å². The number of furan rings is 1. The minimum absolute atomic E-state index is 0.213. The zero-order valence-electron chi connectivity index (χ0n) is 9.24. The summed E-state index contributed by atoms with van der Waals surface area (Å²) in [5, 5.41) is 2.73. The highest BCUT2D eigenvalue weighted by Crippen LogP contribution is 2.20. The Labute approximate surface area is 107 Å². The van der Waals surface area contributed by atoms with Gasteiger partial charge in [0.1, 0.15) is 11.6 Å². The number of amides is 1. The molecule has 2 heterocycles. The summed E-state index contributed by atoms with van der Waals surface area (Å²) in [4.78, 5) is 16.0. The Morgan fingerprint density at radius 1 is 1.53 bits per heavy atom. The Morgan fingerprint density at radius 2 is 2.35 bits per heavy atom. The molecule has 0 unspecified atom stereocenters. The molecule has 0 aromatic carbocycles. The predicted octanol–water partition coefficient (Wildman–Crippen LogP) is 3.25. The lowest BCUT2D eigenvalue weighted by Crippen LogP contribution is -2.14. The van der Waals surface area contributed by atoms with Crippen molar-refractivity contribution in [3.63, 3.8) is 0 Å². The van der Waals surface area contributed by atoms with Crippen LogP contribution in [0.2, 0.25) is 0 Å². The largest absolute Gasteiger partial charge is 0.469 e. The molecule has 88 valence electrons. The second-order valence-corrected chi connectivity index (χ2v) is 4.25. The van der Waals surface area contributed by atoms with Gasteiger partial charge in [-0.25, -0.2) is 4.98 Å². The molecule has 5 heteroatoms. The lowest BCUT2D eigenvalue weighted by Gasteiger charge is -2.05. The minimum atomic E-state index is -0.213. The van der Waals surface area contributed by atoms with E-state index in [4.69, 9.17) is 4.42 Å². The molecule has 0 bridgehead atoms. The number of aromatic nitrogens is 1. The first-order valence-corrected chi connectivity index (χ1v) is 6.00. The van der Waals surface area contributed by atoms with E-state index in [2.05, 4.69) is 26.2 Å². The van der Waals surface area contributed by atoms with Gasteiger partial charge >= 0.3 is 0 Å². The molecule has 4 nitrogen and oxygen atoms in total. The smallest absolute Gasteiger partial charge is 0.260 e. The summed E-state index contributed by atoms with van der Waals surface area (Å²) in [6.07, 6.45) is 3.82. The molecule has 1 N–H and O–H groups in total. The van der Waals surface area contributed by atoms with Gasteiger partial charge in [-0.15, -0.1) is 0 Å². The maximum Gasteiger partial charge on any atom is 0.260 e. The lowest BCUT2D eigenvalue weighted by molar-refractivity contribution is 0.102. The van der Waals surface area contributed by atoms with E-state index in [1.165, 1.54) is 6.26 Å². The monoisotopic (exact) mass is 294 g/mol. The van der Waals surface area contributed by atoms with E-state index >= 15 is 0 Å². The summed E-state index contributed by atoms with van der Waals surface area (Å²) < 4.78 is 5.96. The highest BCUT2D eigenvalue weighted by atomic mass is 79.9. The fraction of sp³-hybridized carbons (Fsp3) is 0.167. The van der Waals surface area contributed by atoms with E-state index in [1.807, 2.05) is 13.0 Å². The molecular formula is C12H11BrN2O2. The molecule has 0 aliphatic heterocycles. The number of aryl methyl sites for hydroxylation is 1. The van der Waals surface area contributed by atoms with Crippen molar-refractivity contribution in [3.05, 3.63) is 46.5 Å². The molecule has 0 saturated carbocycles. The van der Waals surface area contributed by atoms with Gasteiger partial charge in [-0.2, -0.15) is 0 Å². The van der Waals surface area contributed by atoms with Crippen molar-refractivity contribution < 1.29 is 9.21 Å². The first-order chi connectivity index (χ1) is 8.22. The second-order valence-electron chi connectivity index (χ2n) is 3.40. The normalized spacial score (nSPS) is 10.2. The van der Waals surface area contributed by atoms with Crippen molar-refractivity contribution in [1.29, 1.82) is 0 Å². The molecule has 1 amide bonds. The zero-order valence-corrected chi connectivity index (χ0v) is 10.8. The van der Waals surface area contributed by atoms with Crippen molar-refractivity contribution in [1.82, 2.24) is 4.98 Å². The molecule has 2 aromatic rings. The van der Waals surface area contributed by atoms with Gasteiger partial charge in [0, 0.05) is 12.6 Å². The van der Waals surface area contributed by atoms with Gasteiger partial charge in [-0.3, -0.25) is 4.79 Å².